The number of carboxylic acid groups (broad SMARTS) is 1. The zero-order chi connectivity index (χ0) is 13.5. The van der Waals surface area contributed by atoms with Gasteiger partial charge in [-0.1, -0.05) is 24.3 Å². The standard InChI is InChI=1S/C14H16O4/c1-3-7-12(13(15)16)10(2)18-14(17)11-8-5-4-6-9-11/h3-6,8-10,12H,1,7H2,2H3,(H,15,16). The number of aliphatic carboxylic acids is 1. The molecule has 96 valence electrons. The fourth-order valence-electron chi connectivity index (χ4n) is 1.57. The first-order valence-electron chi connectivity index (χ1n) is 5.66. The minimum atomic E-state index is -0.997. The number of rotatable bonds is 6. The monoisotopic (exact) mass is 248 g/mol. The lowest BCUT2D eigenvalue weighted by atomic mass is 10.00. The van der Waals surface area contributed by atoms with Crippen LogP contribution >= 0.6 is 0 Å². The number of carbonyl (C=O) groups excluding carboxylic acids is 1. The first-order chi connectivity index (χ1) is 8.56. The minimum absolute atomic E-state index is 0.262. The molecule has 0 saturated carbocycles. The van der Waals surface area contributed by atoms with Crippen molar-refractivity contribution in [1.29, 1.82) is 0 Å². The van der Waals surface area contributed by atoms with Crippen LogP contribution in [0.25, 0.3) is 0 Å². The second-order valence-corrected chi connectivity index (χ2v) is 3.95. The molecule has 1 aromatic rings. The molecule has 4 nitrogen and oxygen atoms in total. The third-order valence-corrected chi connectivity index (χ3v) is 2.61. The number of benzene rings is 1. The van der Waals surface area contributed by atoms with Gasteiger partial charge in [-0.25, -0.2) is 4.79 Å². The summed E-state index contributed by atoms with van der Waals surface area (Å²) in [6, 6.07) is 8.48. The lowest BCUT2D eigenvalue weighted by Crippen LogP contribution is -2.30. The van der Waals surface area contributed by atoms with Crippen molar-refractivity contribution in [3.05, 3.63) is 48.6 Å². The molecule has 4 heteroatoms. The second-order valence-electron chi connectivity index (χ2n) is 3.95. The van der Waals surface area contributed by atoms with Crippen molar-refractivity contribution in [3.8, 4) is 0 Å². The second kappa shape index (κ2) is 6.59. The van der Waals surface area contributed by atoms with E-state index in [-0.39, 0.29) is 6.42 Å². The Hall–Kier alpha value is -2.10. The topological polar surface area (TPSA) is 63.6 Å². The largest absolute Gasteiger partial charge is 0.481 e. The van der Waals surface area contributed by atoms with Crippen molar-refractivity contribution < 1.29 is 19.4 Å². The van der Waals surface area contributed by atoms with Gasteiger partial charge in [-0.2, -0.15) is 0 Å². The number of esters is 1. The molecule has 0 aliphatic carbocycles. The van der Waals surface area contributed by atoms with Crippen molar-refractivity contribution in [2.24, 2.45) is 5.92 Å². The molecule has 18 heavy (non-hydrogen) atoms. The molecule has 1 rings (SSSR count). The van der Waals surface area contributed by atoms with E-state index in [2.05, 4.69) is 6.58 Å². The van der Waals surface area contributed by atoms with Gasteiger partial charge in [-0.05, 0) is 25.5 Å². The highest BCUT2D eigenvalue weighted by atomic mass is 16.5. The first kappa shape index (κ1) is 14.0. The predicted octanol–water partition coefficient (Wildman–Crippen LogP) is 2.51. The summed E-state index contributed by atoms with van der Waals surface area (Å²) in [7, 11) is 0. The van der Waals surface area contributed by atoms with Crippen molar-refractivity contribution in [2.75, 3.05) is 0 Å². The highest BCUT2D eigenvalue weighted by Gasteiger charge is 2.26. The van der Waals surface area contributed by atoms with Crippen LogP contribution in [-0.4, -0.2) is 23.1 Å². The molecule has 1 aromatic carbocycles. The molecule has 2 unspecified atom stereocenters. The van der Waals surface area contributed by atoms with E-state index >= 15 is 0 Å². The summed E-state index contributed by atoms with van der Waals surface area (Å²) in [4.78, 5) is 22.8. The van der Waals surface area contributed by atoms with Gasteiger partial charge in [0.2, 0.25) is 0 Å². The van der Waals surface area contributed by atoms with Crippen LogP contribution in [-0.2, 0) is 9.53 Å². The van der Waals surface area contributed by atoms with Crippen molar-refractivity contribution in [3.63, 3.8) is 0 Å². The van der Waals surface area contributed by atoms with Crippen LogP contribution in [0.1, 0.15) is 23.7 Å². The van der Waals surface area contributed by atoms with E-state index in [0.717, 1.165) is 0 Å². The first-order valence-corrected chi connectivity index (χ1v) is 5.66. The van der Waals surface area contributed by atoms with Crippen LogP contribution < -0.4 is 0 Å². The van der Waals surface area contributed by atoms with Gasteiger partial charge in [0.05, 0.1) is 11.5 Å². The van der Waals surface area contributed by atoms with E-state index in [1.165, 1.54) is 6.08 Å². The van der Waals surface area contributed by atoms with Gasteiger partial charge in [0.15, 0.2) is 0 Å². The lowest BCUT2D eigenvalue weighted by molar-refractivity contribution is -0.145. The molecule has 0 spiro atoms. The molecule has 0 amide bonds. The maximum atomic E-state index is 11.7. The summed E-state index contributed by atoms with van der Waals surface area (Å²) in [5.74, 6) is -2.28. The molecule has 0 aliphatic rings. The summed E-state index contributed by atoms with van der Waals surface area (Å²) in [5, 5.41) is 9.02. The summed E-state index contributed by atoms with van der Waals surface area (Å²) >= 11 is 0. The summed E-state index contributed by atoms with van der Waals surface area (Å²) < 4.78 is 5.14. The average Bonchev–Trinajstić information content (AvgIpc) is 2.36. The Bertz CT molecular complexity index is 425. The zero-order valence-electron chi connectivity index (χ0n) is 10.2. The Kier molecular flexibility index (Phi) is 5.11. The van der Waals surface area contributed by atoms with Crippen LogP contribution in [0.15, 0.2) is 43.0 Å². The Labute approximate surface area is 106 Å². The van der Waals surface area contributed by atoms with Gasteiger partial charge in [0.25, 0.3) is 0 Å². The lowest BCUT2D eigenvalue weighted by Gasteiger charge is -2.19. The van der Waals surface area contributed by atoms with Crippen LogP contribution in [0, 0.1) is 5.92 Å². The van der Waals surface area contributed by atoms with Gasteiger partial charge in [-0.3, -0.25) is 4.79 Å². The van der Waals surface area contributed by atoms with Crippen LogP contribution in [0.3, 0.4) is 0 Å². The smallest absolute Gasteiger partial charge is 0.338 e. The van der Waals surface area contributed by atoms with Crippen molar-refractivity contribution in [2.45, 2.75) is 19.4 Å². The highest BCUT2D eigenvalue weighted by Crippen LogP contribution is 2.15. The van der Waals surface area contributed by atoms with Gasteiger partial charge < -0.3 is 9.84 Å². The van der Waals surface area contributed by atoms with Crippen molar-refractivity contribution >= 4 is 11.9 Å². The van der Waals surface area contributed by atoms with Crippen LogP contribution in [0.5, 0.6) is 0 Å². The van der Waals surface area contributed by atoms with Gasteiger partial charge in [-0.15, -0.1) is 6.58 Å². The van der Waals surface area contributed by atoms with Gasteiger partial charge >= 0.3 is 11.9 Å². The Morgan fingerprint density at radius 2 is 2.00 bits per heavy atom. The molecule has 0 radical (unpaired) electrons. The third kappa shape index (κ3) is 3.73. The van der Waals surface area contributed by atoms with E-state index in [4.69, 9.17) is 9.84 Å². The molecule has 0 saturated heterocycles. The van der Waals surface area contributed by atoms with E-state index < -0.39 is 24.0 Å². The molecule has 0 fully saturated rings. The van der Waals surface area contributed by atoms with E-state index in [9.17, 15) is 9.59 Å². The highest BCUT2D eigenvalue weighted by molar-refractivity contribution is 5.89. The number of carbonyl (C=O) groups is 2. The molecular formula is C14H16O4. The van der Waals surface area contributed by atoms with Crippen LogP contribution in [0.4, 0.5) is 0 Å². The number of hydrogen-bond acceptors (Lipinski definition) is 3. The summed E-state index contributed by atoms with van der Waals surface area (Å²) in [5.41, 5.74) is 0.409. The third-order valence-electron chi connectivity index (χ3n) is 2.61. The number of ether oxygens (including phenoxy) is 1. The summed E-state index contributed by atoms with van der Waals surface area (Å²) in [6.45, 7) is 5.07. The maximum Gasteiger partial charge on any atom is 0.338 e. The molecule has 0 aromatic heterocycles. The zero-order valence-corrected chi connectivity index (χ0v) is 10.2. The van der Waals surface area contributed by atoms with Crippen molar-refractivity contribution in [1.82, 2.24) is 0 Å². The molecule has 0 heterocycles. The Morgan fingerprint density at radius 1 is 1.39 bits per heavy atom. The molecule has 0 bridgehead atoms. The molecule has 0 aliphatic heterocycles. The molecule has 2 atom stereocenters. The van der Waals surface area contributed by atoms with Crippen LogP contribution in [0.2, 0.25) is 0 Å². The number of carboxylic acids is 1. The van der Waals surface area contributed by atoms with Gasteiger partial charge in [0.1, 0.15) is 6.10 Å². The van der Waals surface area contributed by atoms with Gasteiger partial charge in [0, 0.05) is 0 Å². The average molecular weight is 248 g/mol. The maximum absolute atomic E-state index is 11.7. The van der Waals surface area contributed by atoms with E-state index in [1.54, 1.807) is 37.3 Å². The minimum Gasteiger partial charge on any atom is -0.481 e. The SMILES string of the molecule is C=CCC(C(=O)O)C(C)OC(=O)c1ccccc1. The molecule has 1 N–H and O–H groups in total. The number of hydrogen-bond donors (Lipinski definition) is 1. The number of allylic oxidation sites excluding steroid dienone is 1. The quantitative estimate of drug-likeness (QED) is 0.620. The predicted molar refractivity (Wildman–Crippen MR) is 67.3 cm³/mol. The fourth-order valence-corrected chi connectivity index (χ4v) is 1.57. The Morgan fingerprint density at radius 3 is 2.50 bits per heavy atom. The van der Waals surface area contributed by atoms with E-state index in [0.29, 0.717) is 5.56 Å². The Balaban J connectivity index is 2.68. The fraction of sp³-hybridized carbons (Fsp3) is 0.286. The van der Waals surface area contributed by atoms with E-state index in [1.807, 2.05) is 0 Å². The summed E-state index contributed by atoms with van der Waals surface area (Å²) in [6.07, 6.45) is 1.07. The normalized spacial score (nSPS) is 13.4. The molecular weight excluding hydrogens is 232 g/mol.